The van der Waals surface area contributed by atoms with Gasteiger partial charge in [-0.3, -0.25) is 9.52 Å². The summed E-state index contributed by atoms with van der Waals surface area (Å²) in [7, 11) is -4.07. The Bertz CT molecular complexity index is 975. The molecule has 1 amide bonds. The van der Waals surface area contributed by atoms with E-state index in [4.69, 9.17) is 0 Å². The maximum atomic E-state index is 13.3. The number of carbonyl (C=O) groups is 1. The quantitative estimate of drug-likeness (QED) is 0.760. The number of amides is 1. The summed E-state index contributed by atoms with van der Waals surface area (Å²) in [6, 6.07) is 7.02. The topological polar surface area (TPSA) is 66.5 Å². The average Bonchev–Trinajstić information content (AvgIpc) is 3.18. The second-order valence-electron chi connectivity index (χ2n) is 6.10. The van der Waals surface area contributed by atoms with Gasteiger partial charge in [-0.25, -0.2) is 17.2 Å². The maximum Gasteiger partial charge on any atom is 0.261 e. The summed E-state index contributed by atoms with van der Waals surface area (Å²) in [6.45, 7) is 1.30. The van der Waals surface area contributed by atoms with Crippen LogP contribution >= 0.6 is 11.8 Å². The average molecular weight is 412 g/mol. The van der Waals surface area contributed by atoms with Crippen molar-refractivity contribution in [1.82, 2.24) is 4.90 Å². The van der Waals surface area contributed by atoms with Gasteiger partial charge >= 0.3 is 0 Å². The van der Waals surface area contributed by atoms with Gasteiger partial charge in [0, 0.05) is 24.1 Å². The van der Waals surface area contributed by atoms with E-state index in [1.165, 1.54) is 23.9 Å². The van der Waals surface area contributed by atoms with Crippen LogP contribution in [0.25, 0.3) is 0 Å². The standard InChI is InChI=1S/C18H18F2N2O3S2/c1-26-17-7-5-13(11-14(17)18(23)22-8-2-3-9-22)27(24,25)21-12-4-6-15(19)16(20)10-12/h4-7,10-11,21H,2-3,8-9H2,1H3. The van der Waals surface area contributed by atoms with E-state index in [9.17, 15) is 22.0 Å². The third-order valence-corrected chi connectivity index (χ3v) is 6.45. The first kappa shape index (κ1) is 19.6. The van der Waals surface area contributed by atoms with Gasteiger partial charge in [0.15, 0.2) is 11.6 Å². The molecule has 5 nitrogen and oxygen atoms in total. The molecule has 0 bridgehead atoms. The molecule has 9 heteroatoms. The summed E-state index contributed by atoms with van der Waals surface area (Å²) in [5, 5.41) is 0. The second-order valence-corrected chi connectivity index (χ2v) is 8.63. The van der Waals surface area contributed by atoms with Crippen LogP contribution in [-0.2, 0) is 10.0 Å². The smallest absolute Gasteiger partial charge is 0.261 e. The molecular weight excluding hydrogens is 394 g/mol. The van der Waals surface area contributed by atoms with Gasteiger partial charge < -0.3 is 4.90 Å². The van der Waals surface area contributed by atoms with E-state index in [-0.39, 0.29) is 16.5 Å². The SMILES string of the molecule is CSc1ccc(S(=O)(=O)Nc2ccc(F)c(F)c2)cc1C(=O)N1CCCC1. The lowest BCUT2D eigenvalue weighted by atomic mass is 10.2. The molecule has 3 rings (SSSR count). The van der Waals surface area contributed by atoms with Gasteiger partial charge in [0.25, 0.3) is 15.9 Å². The molecule has 27 heavy (non-hydrogen) atoms. The molecule has 1 heterocycles. The number of likely N-dealkylation sites (tertiary alicyclic amines) is 1. The van der Waals surface area contributed by atoms with Crippen molar-refractivity contribution < 1.29 is 22.0 Å². The Morgan fingerprint density at radius 1 is 1.07 bits per heavy atom. The van der Waals surface area contributed by atoms with Crippen molar-refractivity contribution in [3.05, 3.63) is 53.6 Å². The zero-order valence-electron chi connectivity index (χ0n) is 14.5. The Morgan fingerprint density at radius 2 is 1.78 bits per heavy atom. The number of nitrogens with one attached hydrogen (secondary N) is 1. The van der Waals surface area contributed by atoms with Crippen LogP contribution in [0.1, 0.15) is 23.2 Å². The van der Waals surface area contributed by atoms with Crippen molar-refractivity contribution in [2.24, 2.45) is 0 Å². The van der Waals surface area contributed by atoms with E-state index < -0.39 is 21.7 Å². The Labute approximate surface area is 160 Å². The van der Waals surface area contributed by atoms with Gasteiger partial charge in [-0.05, 0) is 49.4 Å². The van der Waals surface area contributed by atoms with Crippen molar-refractivity contribution in [1.29, 1.82) is 0 Å². The molecule has 0 aliphatic carbocycles. The van der Waals surface area contributed by atoms with Crippen LogP contribution in [0.2, 0.25) is 0 Å². The predicted octanol–water partition coefficient (Wildman–Crippen LogP) is 3.72. The van der Waals surface area contributed by atoms with Crippen molar-refractivity contribution in [2.45, 2.75) is 22.6 Å². The normalized spacial score (nSPS) is 14.4. The number of hydrogen-bond acceptors (Lipinski definition) is 4. The highest BCUT2D eigenvalue weighted by Gasteiger charge is 2.24. The minimum Gasteiger partial charge on any atom is -0.339 e. The molecule has 1 aliphatic rings. The number of thioether (sulfide) groups is 1. The molecule has 2 aromatic rings. The van der Waals surface area contributed by atoms with Crippen LogP contribution < -0.4 is 4.72 Å². The number of carbonyl (C=O) groups excluding carboxylic acids is 1. The molecule has 1 N–H and O–H groups in total. The molecule has 0 saturated carbocycles. The highest BCUT2D eigenvalue weighted by atomic mass is 32.2. The van der Waals surface area contributed by atoms with Crippen molar-refractivity contribution in [3.63, 3.8) is 0 Å². The Hall–Kier alpha value is -2.13. The molecule has 1 fully saturated rings. The van der Waals surface area contributed by atoms with Gasteiger partial charge in [-0.1, -0.05) is 0 Å². The van der Waals surface area contributed by atoms with E-state index in [0.717, 1.165) is 31.0 Å². The Balaban J connectivity index is 1.94. The van der Waals surface area contributed by atoms with Crippen LogP contribution in [0.4, 0.5) is 14.5 Å². The Kier molecular flexibility index (Phi) is 5.71. The minimum absolute atomic E-state index is 0.102. The first-order chi connectivity index (χ1) is 12.8. The third-order valence-electron chi connectivity index (χ3n) is 4.28. The van der Waals surface area contributed by atoms with Gasteiger partial charge in [0.2, 0.25) is 0 Å². The van der Waals surface area contributed by atoms with Crippen LogP contribution in [0.3, 0.4) is 0 Å². The lowest BCUT2D eigenvalue weighted by Crippen LogP contribution is -2.28. The molecule has 0 radical (unpaired) electrons. The zero-order chi connectivity index (χ0) is 19.6. The van der Waals surface area contributed by atoms with Crippen molar-refractivity contribution >= 4 is 33.4 Å². The van der Waals surface area contributed by atoms with Gasteiger partial charge in [-0.2, -0.15) is 0 Å². The summed E-state index contributed by atoms with van der Waals surface area (Å²) < 4.78 is 53.8. The summed E-state index contributed by atoms with van der Waals surface area (Å²) in [5.41, 5.74) is 0.216. The molecule has 144 valence electrons. The molecule has 2 aromatic carbocycles. The largest absolute Gasteiger partial charge is 0.339 e. The molecular formula is C18H18F2N2O3S2. The molecule has 1 aliphatic heterocycles. The van der Waals surface area contributed by atoms with E-state index in [0.29, 0.717) is 23.5 Å². The summed E-state index contributed by atoms with van der Waals surface area (Å²) >= 11 is 1.36. The van der Waals surface area contributed by atoms with E-state index in [1.807, 2.05) is 6.26 Å². The first-order valence-corrected chi connectivity index (χ1v) is 11.0. The number of sulfonamides is 1. The molecule has 0 spiro atoms. The zero-order valence-corrected chi connectivity index (χ0v) is 16.2. The molecule has 0 unspecified atom stereocenters. The van der Waals surface area contributed by atoms with Crippen LogP contribution in [-0.4, -0.2) is 38.6 Å². The first-order valence-electron chi connectivity index (χ1n) is 8.27. The van der Waals surface area contributed by atoms with Gasteiger partial charge in [-0.15, -0.1) is 11.8 Å². The maximum absolute atomic E-state index is 13.3. The van der Waals surface area contributed by atoms with E-state index in [2.05, 4.69) is 4.72 Å². The number of benzene rings is 2. The summed E-state index contributed by atoms with van der Waals surface area (Å²) in [6.07, 6.45) is 3.66. The highest BCUT2D eigenvalue weighted by molar-refractivity contribution is 7.98. The fourth-order valence-corrected chi connectivity index (χ4v) is 4.53. The second kappa shape index (κ2) is 7.85. The number of nitrogens with zero attached hydrogens (tertiary/aromatic N) is 1. The van der Waals surface area contributed by atoms with E-state index in [1.54, 1.807) is 11.0 Å². The van der Waals surface area contributed by atoms with Crippen LogP contribution in [0.15, 0.2) is 46.2 Å². The van der Waals surface area contributed by atoms with Crippen molar-refractivity contribution in [3.8, 4) is 0 Å². The molecule has 0 aromatic heterocycles. The van der Waals surface area contributed by atoms with E-state index >= 15 is 0 Å². The summed E-state index contributed by atoms with van der Waals surface area (Å²) in [5.74, 6) is -2.43. The number of rotatable bonds is 5. The lowest BCUT2D eigenvalue weighted by Gasteiger charge is -2.18. The van der Waals surface area contributed by atoms with Gasteiger partial charge in [0.05, 0.1) is 16.1 Å². The minimum atomic E-state index is -4.07. The summed E-state index contributed by atoms with van der Waals surface area (Å²) in [4.78, 5) is 15.0. The highest BCUT2D eigenvalue weighted by Crippen LogP contribution is 2.27. The molecule has 1 saturated heterocycles. The van der Waals surface area contributed by atoms with Crippen LogP contribution in [0.5, 0.6) is 0 Å². The molecule has 0 atom stereocenters. The fourth-order valence-electron chi connectivity index (χ4n) is 2.89. The lowest BCUT2D eigenvalue weighted by molar-refractivity contribution is 0.0789. The number of hydrogen-bond donors (Lipinski definition) is 1. The van der Waals surface area contributed by atoms with Gasteiger partial charge in [0.1, 0.15) is 0 Å². The number of anilines is 1. The fraction of sp³-hybridized carbons (Fsp3) is 0.278. The number of halogens is 2. The monoisotopic (exact) mass is 412 g/mol. The van der Waals surface area contributed by atoms with Crippen LogP contribution in [0, 0.1) is 11.6 Å². The third kappa shape index (κ3) is 4.24. The van der Waals surface area contributed by atoms with Crippen molar-refractivity contribution in [2.75, 3.05) is 24.1 Å². The predicted molar refractivity (Wildman–Crippen MR) is 101 cm³/mol. The Morgan fingerprint density at radius 3 is 2.41 bits per heavy atom.